The molecule has 2 aromatic carbocycles. The van der Waals surface area contributed by atoms with Gasteiger partial charge < -0.3 is 24.7 Å². The largest absolute Gasteiger partial charge is 0.497 e. The Morgan fingerprint density at radius 3 is 2.41 bits per heavy atom. The molecule has 0 radical (unpaired) electrons. The molecule has 1 saturated heterocycles. The van der Waals surface area contributed by atoms with Crippen LogP contribution in [0, 0.1) is 6.92 Å². The molecule has 4 rings (SSSR count). The van der Waals surface area contributed by atoms with Gasteiger partial charge in [0.25, 0.3) is 0 Å². The fraction of sp³-hybridized carbons (Fsp3) is 0.308. The Morgan fingerprint density at radius 1 is 1.00 bits per heavy atom. The molecule has 2 amide bonds. The first-order chi connectivity index (χ1) is 16.5. The lowest BCUT2D eigenvalue weighted by Crippen LogP contribution is -2.50. The van der Waals surface area contributed by atoms with Gasteiger partial charge in [0.1, 0.15) is 11.5 Å². The van der Waals surface area contributed by atoms with Gasteiger partial charge in [-0.05, 0) is 61.0 Å². The van der Waals surface area contributed by atoms with Gasteiger partial charge in [-0.3, -0.25) is 14.5 Å². The number of benzene rings is 2. The minimum absolute atomic E-state index is 0.163. The van der Waals surface area contributed by atoms with Crippen LogP contribution in [0.1, 0.15) is 17.4 Å². The van der Waals surface area contributed by atoms with Crippen molar-refractivity contribution in [1.29, 1.82) is 0 Å². The van der Waals surface area contributed by atoms with Crippen molar-refractivity contribution in [3.63, 3.8) is 0 Å². The lowest BCUT2D eigenvalue weighted by molar-refractivity contribution is -0.136. The van der Waals surface area contributed by atoms with Gasteiger partial charge in [0, 0.05) is 44.1 Å². The fourth-order valence-electron chi connectivity index (χ4n) is 4.16. The second-order valence-electron chi connectivity index (χ2n) is 8.29. The number of anilines is 2. The zero-order valence-corrected chi connectivity index (χ0v) is 19.5. The van der Waals surface area contributed by atoms with Gasteiger partial charge in [-0.25, -0.2) is 0 Å². The van der Waals surface area contributed by atoms with Crippen LogP contribution in [0.5, 0.6) is 5.75 Å². The summed E-state index contributed by atoms with van der Waals surface area (Å²) < 4.78 is 10.9. The molecule has 34 heavy (non-hydrogen) atoms. The molecule has 0 bridgehead atoms. The van der Waals surface area contributed by atoms with Crippen LogP contribution in [0.2, 0.25) is 0 Å². The van der Waals surface area contributed by atoms with Crippen LogP contribution in [-0.2, 0) is 9.59 Å². The van der Waals surface area contributed by atoms with Crippen molar-refractivity contribution < 1.29 is 18.7 Å². The zero-order valence-electron chi connectivity index (χ0n) is 19.5. The number of piperazine rings is 1. The molecule has 178 valence electrons. The van der Waals surface area contributed by atoms with Crippen molar-refractivity contribution in [2.75, 3.05) is 50.1 Å². The van der Waals surface area contributed by atoms with E-state index in [1.165, 1.54) is 0 Å². The average Bonchev–Trinajstić information content (AvgIpc) is 3.39. The predicted octanol–water partition coefficient (Wildman–Crippen LogP) is 3.21. The Labute approximate surface area is 199 Å². The highest BCUT2D eigenvalue weighted by Crippen LogP contribution is 2.25. The first-order valence-corrected chi connectivity index (χ1v) is 11.4. The summed E-state index contributed by atoms with van der Waals surface area (Å²) in [5.74, 6) is 0.239. The van der Waals surface area contributed by atoms with Gasteiger partial charge >= 0.3 is 11.8 Å². The van der Waals surface area contributed by atoms with Crippen LogP contribution in [0.15, 0.2) is 71.3 Å². The van der Waals surface area contributed by atoms with Crippen molar-refractivity contribution in [2.24, 2.45) is 0 Å². The molecule has 0 saturated carbocycles. The summed E-state index contributed by atoms with van der Waals surface area (Å²) in [7, 11) is 1.66. The molecular weight excluding hydrogens is 432 g/mol. The first-order valence-electron chi connectivity index (χ1n) is 11.4. The number of carbonyl (C=O) groups is 2. The van der Waals surface area contributed by atoms with E-state index in [0.29, 0.717) is 5.69 Å². The summed E-state index contributed by atoms with van der Waals surface area (Å²) >= 11 is 0. The summed E-state index contributed by atoms with van der Waals surface area (Å²) in [6, 6.07) is 19.0. The molecule has 0 aliphatic carbocycles. The number of ether oxygens (including phenoxy) is 1. The summed E-state index contributed by atoms with van der Waals surface area (Å²) in [5, 5.41) is 5.43. The van der Waals surface area contributed by atoms with Crippen molar-refractivity contribution in [2.45, 2.75) is 13.0 Å². The van der Waals surface area contributed by atoms with E-state index >= 15 is 0 Å². The van der Waals surface area contributed by atoms with Crippen LogP contribution in [-0.4, -0.2) is 56.5 Å². The van der Waals surface area contributed by atoms with E-state index in [9.17, 15) is 9.59 Å². The van der Waals surface area contributed by atoms with E-state index in [2.05, 4.69) is 32.6 Å². The molecule has 1 atom stereocenters. The minimum Gasteiger partial charge on any atom is -0.497 e. The van der Waals surface area contributed by atoms with Crippen molar-refractivity contribution in [3.05, 3.63) is 78.3 Å². The van der Waals surface area contributed by atoms with Gasteiger partial charge in [0.05, 0.1) is 19.4 Å². The van der Waals surface area contributed by atoms with Crippen LogP contribution in [0.3, 0.4) is 0 Å². The second kappa shape index (κ2) is 10.9. The summed E-state index contributed by atoms with van der Waals surface area (Å²) in [4.78, 5) is 29.5. The van der Waals surface area contributed by atoms with Crippen molar-refractivity contribution in [1.82, 2.24) is 10.2 Å². The highest BCUT2D eigenvalue weighted by atomic mass is 16.5. The van der Waals surface area contributed by atoms with E-state index in [1.807, 2.05) is 49.4 Å². The van der Waals surface area contributed by atoms with E-state index in [-0.39, 0.29) is 12.6 Å². The van der Waals surface area contributed by atoms with Gasteiger partial charge in [-0.1, -0.05) is 12.1 Å². The predicted molar refractivity (Wildman–Crippen MR) is 131 cm³/mol. The number of furan rings is 1. The molecule has 8 heteroatoms. The SMILES string of the molecule is COc1ccc(N2CCN(C(CNC(=O)C(=O)Nc3cccc(C)c3)c3ccco3)CC2)cc1. The van der Waals surface area contributed by atoms with Crippen LogP contribution in [0.4, 0.5) is 11.4 Å². The average molecular weight is 463 g/mol. The number of hydrogen-bond acceptors (Lipinski definition) is 6. The molecule has 1 unspecified atom stereocenters. The number of amides is 2. The highest BCUT2D eigenvalue weighted by molar-refractivity contribution is 6.39. The molecule has 0 spiro atoms. The number of rotatable bonds is 7. The molecule has 2 N–H and O–H groups in total. The molecule has 1 aromatic heterocycles. The van der Waals surface area contributed by atoms with Gasteiger partial charge in [0.2, 0.25) is 0 Å². The number of methoxy groups -OCH3 is 1. The Kier molecular flexibility index (Phi) is 7.49. The van der Waals surface area contributed by atoms with Crippen molar-refractivity contribution >= 4 is 23.2 Å². The highest BCUT2D eigenvalue weighted by Gasteiger charge is 2.28. The number of aryl methyl sites for hydroxylation is 1. The second-order valence-corrected chi connectivity index (χ2v) is 8.29. The molecular formula is C26H30N4O4. The zero-order chi connectivity index (χ0) is 23.9. The molecule has 1 aliphatic rings. The van der Waals surface area contributed by atoms with E-state index in [0.717, 1.165) is 48.9 Å². The Balaban J connectivity index is 1.35. The number of nitrogens with zero attached hydrogens (tertiary/aromatic N) is 2. The summed E-state index contributed by atoms with van der Waals surface area (Å²) in [6.07, 6.45) is 1.63. The quantitative estimate of drug-likeness (QED) is 0.525. The monoisotopic (exact) mass is 462 g/mol. The molecule has 8 nitrogen and oxygen atoms in total. The molecule has 2 heterocycles. The first kappa shape index (κ1) is 23.4. The third-order valence-corrected chi connectivity index (χ3v) is 6.00. The number of nitrogens with one attached hydrogen (secondary N) is 2. The van der Waals surface area contributed by atoms with Gasteiger partial charge in [0.15, 0.2) is 0 Å². The topological polar surface area (TPSA) is 87.0 Å². The van der Waals surface area contributed by atoms with Crippen LogP contribution in [0.25, 0.3) is 0 Å². The van der Waals surface area contributed by atoms with Crippen LogP contribution < -0.4 is 20.3 Å². The summed E-state index contributed by atoms with van der Waals surface area (Å²) in [5.41, 5.74) is 2.75. The van der Waals surface area contributed by atoms with Crippen molar-refractivity contribution in [3.8, 4) is 5.75 Å². The maximum Gasteiger partial charge on any atom is 0.313 e. The minimum atomic E-state index is -0.687. The van der Waals surface area contributed by atoms with Crippen LogP contribution >= 0.6 is 0 Å². The van der Waals surface area contributed by atoms with E-state index in [4.69, 9.17) is 9.15 Å². The third-order valence-electron chi connectivity index (χ3n) is 6.00. The Morgan fingerprint density at radius 2 is 1.76 bits per heavy atom. The van der Waals surface area contributed by atoms with E-state index in [1.54, 1.807) is 19.4 Å². The maximum atomic E-state index is 12.5. The third kappa shape index (κ3) is 5.77. The number of carbonyl (C=O) groups excluding carboxylic acids is 2. The Hall–Kier alpha value is -3.78. The summed E-state index contributed by atoms with van der Waals surface area (Å²) in [6.45, 7) is 5.47. The Bertz CT molecular complexity index is 1090. The fourth-order valence-corrected chi connectivity index (χ4v) is 4.16. The van der Waals surface area contributed by atoms with Gasteiger partial charge in [-0.15, -0.1) is 0 Å². The number of hydrogen-bond donors (Lipinski definition) is 2. The molecule has 1 aliphatic heterocycles. The standard InChI is InChI=1S/C26H30N4O4/c1-19-5-3-6-20(17-19)28-26(32)25(31)27-18-23(24-7-4-16-34-24)30-14-12-29(13-15-30)21-8-10-22(33-2)11-9-21/h3-11,16-17,23H,12-15,18H2,1-2H3,(H,27,31)(H,28,32). The molecule has 3 aromatic rings. The smallest absolute Gasteiger partial charge is 0.313 e. The maximum absolute atomic E-state index is 12.5. The van der Waals surface area contributed by atoms with Gasteiger partial charge in [-0.2, -0.15) is 0 Å². The molecule has 1 fully saturated rings. The lowest BCUT2D eigenvalue weighted by Gasteiger charge is -2.39. The normalized spacial score (nSPS) is 14.9. The van der Waals surface area contributed by atoms with E-state index < -0.39 is 11.8 Å². The lowest BCUT2D eigenvalue weighted by atomic mass is 10.1.